The summed E-state index contributed by atoms with van der Waals surface area (Å²) in [7, 11) is 0. The number of imidazole rings is 1. The van der Waals surface area contributed by atoms with Crippen LogP contribution in [0.15, 0.2) is 170 Å². The first-order valence-electron chi connectivity index (χ1n) is 16.3. The van der Waals surface area contributed by atoms with E-state index in [1.165, 1.54) is 64.0 Å². The second-order valence-electron chi connectivity index (χ2n) is 12.3. The number of hydrogen-bond donors (Lipinski definition) is 0. The van der Waals surface area contributed by atoms with Crippen molar-refractivity contribution in [1.82, 2.24) is 9.55 Å². The number of benzene rings is 8. The molecule has 3 heteroatoms. The minimum absolute atomic E-state index is 0.940. The van der Waals surface area contributed by atoms with Crippen LogP contribution in [-0.4, -0.2) is 9.55 Å². The summed E-state index contributed by atoms with van der Waals surface area (Å²) in [6.45, 7) is 0. The molecule has 0 aliphatic heterocycles. The van der Waals surface area contributed by atoms with Gasteiger partial charge < -0.3 is 0 Å². The average molecular weight is 629 g/mol. The van der Waals surface area contributed by atoms with Crippen LogP contribution in [0.5, 0.6) is 0 Å². The first-order valence-corrected chi connectivity index (χ1v) is 17.1. The lowest BCUT2D eigenvalue weighted by atomic mass is 9.85. The molecule has 0 saturated carbocycles. The molecular formula is C45H28N2S. The van der Waals surface area contributed by atoms with E-state index in [0.29, 0.717) is 0 Å². The fourth-order valence-corrected chi connectivity index (χ4v) is 8.69. The molecule has 0 N–H and O–H groups in total. The molecular weight excluding hydrogens is 601 g/mol. The van der Waals surface area contributed by atoms with Crippen LogP contribution in [0.4, 0.5) is 0 Å². The van der Waals surface area contributed by atoms with Crippen molar-refractivity contribution in [1.29, 1.82) is 0 Å². The van der Waals surface area contributed by atoms with Crippen LogP contribution >= 0.6 is 11.3 Å². The molecule has 10 rings (SSSR count). The van der Waals surface area contributed by atoms with Crippen molar-refractivity contribution in [2.24, 2.45) is 0 Å². The van der Waals surface area contributed by atoms with Crippen molar-refractivity contribution in [2.45, 2.75) is 0 Å². The number of nitrogens with zero attached hydrogens (tertiary/aromatic N) is 2. The summed E-state index contributed by atoms with van der Waals surface area (Å²) in [5.74, 6) is 0.940. The van der Waals surface area contributed by atoms with Gasteiger partial charge in [-0.3, -0.25) is 4.57 Å². The standard InChI is InChI=1S/C45H28N2S/c1-2-13-31(14-3-1)47-39-22-10-9-21-38(39)46-45(47)30-27-25-29(26-28-30)42-32-15-4-6-17-34(32)43(35-18-7-5-16-33(35)42)37-20-12-24-41-44(37)36-19-8-11-23-40(36)48-41/h1-28H. The maximum absolute atomic E-state index is 5.11. The van der Waals surface area contributed by atoms with E-state index in [4.69, 9.17) is 4.98 Å². The summed E-state index contributed by atoms with van der Waals surface area (Å²) < 4.78 is 4.91. The molecule has 0 unspecified atom stereocenters. The summed E-state index contributed by atoms with van der Waals surface area (Å²) in [5.41, 5.74) is 9.32. The molecule has 224 valence electrons. The molecule has 0 aliphatic rings. The van der Waals surface area contributed by atoms with E-state index in [0.717, 1.165) is 28.1 Å². The fraction of sp³-hybridized carbons (Fsp3) is 0. The maximum atomic E-state index is 5.11. The van der Waals surface area contributed by atoms with Crippen LogP contribution in [0.25, 0.3) is 92.1 Å². The third-order valence-electron chi connectivity index (χ3n) is 9.61. The van der Waals surface area contributed by atoms with E-state index in [2.05, 4.69) is 174 Å². The molecule has 0 atom stereocenters. The van der Waals surface area contributed by atoms with Gasteiger partial charge in [0.15, 0.2) is 0 Å². The Morgan fingerprint density at radius 1 is 0.417 bits per heavy atom. The molecule has 8 aromatic carbocycles. The van der Waals surface area contributed by atoms with E-state index in [1.807, 2.05) is 11.3 Å². The number of fused-ring (bicyclic) bond motifs is 6. The van der Waals surface area contributed by atoms with Crippen molar-refractivity contribution in [3.8, 4) is 39.3 Å². The predicted octanol–water partition coefficient (Wildman–Crippen LogP) is 12.7. The summed E-state index contributed by atoms with van der Waals surface area (Å²) in [5, 5.41) is 7.71. The minimum atomic E-state index is 0.940. The number of thiophene rings is 1. The summed E-state index contributed by atoms with van der Waals surface area (Å²) in [6.07, 6.45) is 0. The quantitative estimate of drug-likeness (QED) is 0.177. The molecule has 0 bridgehead atoms. The van der Waals surface area contributed by atoms with Crippen molar-refractivity contribution in [2.75, 3.05) is 0 Å². The highest BCUT2D eigenvalue weighted by molar-refractivity contribution is 7.25. The van der Waals surface area contributed by atoms with Crippen LogP contribution in [-0.2, 0) is 0 Å². The van der Waals surface area contributed by atoms with Gasteiger partial charge in [-0.25, -0.2) is 4.98 Å². The van der Waals surface area contributed by atoms with Gasteiger partial charge >= 0.3 is 0 Å². The average Bonchev–Trinajstić information content (AvgIpc) is 3.73. The van der Waals surface area contributed by atoms with Crippen LogP contribution < -0.4 is 0 Å². The second kappa shape index (κ2) is 10.8. The molecule has 2 aromatic heterocycles. The predicted molar refractivity (Wildman–Crippen MR) is 205 cm³/mol. The largest absolute Gasteiger partial charge is 0.292 e. The Hall–Kier alpha value is -6.03. The Kier molecular flexibility index (Phi) is 6.08. The molecule has 0 radical (unpaired) electrons. The van der Waals surface area contributed by atoms with Gasteiger partial charge in [0.2, 0.25) is 0 Å². The van der Waals surface area contributed by atoms with Gasteiger partial charge in [0.1, 0.15) is 5.82 Å². The Balaban J connectivity index is 1.20. The van der Waals surface area contributed by atoms with E-state index in [-0.39, 0.29) is 0 Å². The fourth-order valence-electron chi connectivity index (χ4n) is 7.56. The van der Waals surface area contributed by atoms with Crippen LogP contribution in [0.3, 0.4) is 0 Å². The van der Waals surface area contributed by atoms with Crippen molar-refractivity contribution in [3.05, 3.63) is 170 Å². The lowest BCUT2D eigenvalue weighted by Crippen LogP contribution is -1.97. The zero-order valence-corrected chi connectivity index (χ0v) is 26.8. The van der Waals surface area contributed by atoms with Crippen LogP contribution in [0.1, 0.15) is 0 Å². The van der Waals surface area contributed by atoms with Crippen molar-refractivity contribution < 1.29 is 0 Å². The molecule has 0 aliphatic carbocycles. The lowest BCUT2D eigenvalue weighted by molar-refractivity contribution is 1.10. The molecule has 2 heterocycles. The van der Waals surface area contributed by atoms with Crippen molar-refractivity contribution >= 4 is 64.1 Å². The monoisotopic (exact) mass is 628 g/mol. The first-order chi connectivity index (χ1) is 23.8. The Bertz CT molecular complexity index is 2770. The molecule has 0 spiro atoms. The van der Waals surface area contributed by atoms with Gasteiger partial charge in [0, 0.05) is 31.4 Å². The smallest absolute Gasteiger partial charge is 0.145 e. The van der Waals surface area contributed by atoms with Gasteiger partial charge in [-0.2, -0.15) is 0 Å². The highest BCUT2D eigenvalue weighted by atomic mass is 32.1. The molecule has 0 amide bonds. The number of para-hydroxylation sites is 3. The Labute approximate surface area is 281 Å². The molecule has 10 aromatic rings. The Morgan fingerprint density at radius 2 is 0.979 bits per heavy atom. The van der Waals surface area contributed by atoms with E-state index < -0.39 is 0 Å². The summed E-state index contributed by atoms with van der Waals surface area (Å²) in [4.78, 5) is 5.11. The molecule has 48 heavy (non-hydrogen) atoms. The third-order valence-corrected chi connectivity index (χ3v) is 10.7. The maximum Gasteiger partial charge on any atom is 0.145 e. The zero-order valence-electron chi connectivity index (χ0n) is 26.0. The molecule has 0 saturated heterocycles. The normalized spacial score (nSPS) is 11.8. The van der Waals surface area contributed by atoms with E-state index >= 15 is 0 Å². The van der Waals surface area contributed by atoms with Gasteiger partial charge in [-0.05, 0) is 80.2 Å². The van der Waals surface area contributed by atoms with Gasteiger partial charge in [-0.1, -0.05) is 133 Å². The van der Waals surface area contributed by atoms with Crippen LogP contribution in [0, 0.1) is 0 Å². The molecule has 2 nitrogen and oxygen atoms in total. The third kappa shape index (κ3) is 4.08. The van der Waals surface area contributed by atoms with E-state index in [9.17, 15) is 0 Å². The highest BCUT2D eigenvalue weighted by Crippen LogP contribution is 2.48. The minimum Gasteiger partial charge on any atom is -0.292 e. The topological polar surface area (TPSA) is 17.8 Å². The van der Waals surface area contributed by atoms with E-state index in [1.54, 1.807) is 0 Å². The number of hydrogen-bond acceptors (Lipinski definition) is 2. The first kappa shape index (κ1) is 27.1. The van der Waals surface area contributed by atoms with Gasteiger partial charge in [-0.15, -0.1) is 11.3 Å². The van der Waals surface area contributed by atoms with Crippen molar-refractivity contribution in [3.63, 3.8) is 0 Å². The van der Waals surface area contributed by atoms with Gasteiger partial charge in [0.05, 0.1) is 11.0 Å². The molecule has 0 fully saturated rings. The summed E-state index contributed by atoms with van der Waals surface area (Å²) in [6, 6.07) is 61.3. The lowest BCUT2D eigenvalue weighted by Gasteiger charge is -2.18. The Morgan fingerprint density at radius 3 is 1.71 bits per heavy atom. The number of aromatic nitrogens is 2. The number of rotatable bonds is 4. The second-order valence-corrected chi connectivity index (χ2v) is 13.4. The SMILES string of the molecule is c1ccc(-n2c(-c3ccc(-c4c5ccccc5c(-c5cccc6sc7ccccc7c56)c5ccccc45)cc3)nc3ccccc32)cc1. The van der Waals surface area contributed by atoms with Gasteiger partial charge in [0.25, 0.3) is 0 Å². The highest BCUT2D eigenvalue weighted by Gasteiger charge is 2.20. The van der Waals surface area contributed by atoms with Crippen LogP contribution in [0.2, 0.25) is 0 Å². The summed E-state index contributed by atoms with van der Waals surface area (Å²) >= 11 is 1.87. The zero-order chi connectivity index (χ0) is 31.6.